The molecule has 0 aliphatic rings. The Morgan fingerprint density at radius 1 is 1.00 bits per heavy atom. The maximum absolute atomic E-state index is 12.5. The van der Waals surface area contributed by atoms with Crippen molar-refractivity contribution in [2.45, 2.75) is 31.9 Å². The van der Waals surface area contributed by atoms with Crippen LogP contribution in [0.25, 0.3) is 0 Å². The van der Waals surface area contributed by atoms with Crippen LogP contribution in [0.4, 0.5) is 0 Å². The lowest BCUT2D eigenvalue weighted by Gasteiger charge is -2.09. The van der Waals surface area contributed by atoms with Crippen LogP contribution in [0.3, 0.4) is 0 Å². The Labute approximate surface area is 154 Å². The van der Waals surface area contributed by atoms with Crippen LogP contribution in [-0.2, 0) is 32.6 Å². The fourth-order valence-corrected chi connectivity index (χ4v) is 3.30. The van der Waals surface area contributed by atoms with E-state index in [1.165, 1.54) is 24.3 Å². The molecule has 0 saturated carbocycles. The van der Waals surface area contributed by atoms with Crippen LogP contribution in [0, 0.1) is 0 Å². The van der Waals surface area contributed by atoms with Crippen LogP contribution in [0.1, 0.15) is 35.3 Å². The Kier molecular flexibility index (Phi) is 7.32. The number of sulfonamides is 1. The van der Waals surface area contributed by atoms with Gasteiger partial charge in [0.15, 0.2) is 0 Å². The van der Waals surface area contributed by atoms with E-state index in [0.29, 0.717) is 13.2 Å². The average Bonchev–Trinajstić information content (AvgIpc) is 2.66. The number of hydrogen-bond acceptors (Lipinski definition) is 5. The van der Waals surface area contributed by atoms with Gasteiger partial charge in [-0.15, -0.1) is 0 Å². The molecule has 0 aliphatic carbocycles. The van der Waals surface area contributed by atoms with E-state index in [2.05, 4.69) is 4.72 Å². The lowest BCUT2D eigenvalue weighted by molar-refractivity contribution is 0.0526. The van der Waals surface area contributed by atoms with Gasteiger partial charge in [-0.3, -0.25) is 0 Å². The first-order valence-corrected chi connectivity index (χ1v) is 9.87. The molecular formula is C19H23NO5S. The number of carbonyl (C=O) groups is 1. The molecule has 2 rings (SSSR count). The Morgan fingerprint density at radius 3 is 2.35 bits per heavy atom. The van der Waals surface area contributed by atoms with E-state index in [9.17, 15) is 13.2 Å². The van der Waals surface area contributed by atoms with Crippen molar-refractivity contribution in [2.75, 3.05) is 13.2 Å². The fraction of sp³-hybridized carbons (Fsp3) is 0.316. The van der Waals surface area contributed by atoms with E-state index in [4.69, 9.17) is 9.47 Å². The van der Waals surface area contributed by atoms with Crippen molar-refractivity contribution in [3.8, 4) is 0 Å². The van der Waals surface area contributed by atoms with E-state index in [-0.39, 0.29) is 23.6 Å². The third-order valence-electron chi connectivity index (χ3n) is 3.62. The number of nitrogens with one attached hydrogen (secondary N) is 1. The summed E-state index contributed by atoms with van der Waals surface area (Å²) in [5.41, 5.74) is 2.06. The summed E-state index contributed by atoms with van der Waals surface area (Å²) in [5, 5.41) is 0. The molecule has 26 heavy (non-hydrogen) atoms. The molecule has 0 spiro atoms. The monoisotopic (exact) mass is 377 g/mol. The molecule has 0 saturated heterocycles. The minimum Gasteiger partial charge on any atom is -0.462 e. The predicted octanol–water partition coefficient (Wildman–Crippen LogP) is 2.88. The molecule has 0 bridgehead atoms. The van der Waals surface area contributed by atoms with E-state index in [1.54, 1.807) is 6.92 Å². The highest BCUT2D eigenvalue weighted by molar-refractivity contribution is 7.89. The first-order valence-electron chi connectivity index (χ1n) is 8.38. The molecule has 0 amide bonds. The predicted molar refractivity (Wildman–Crippen MR) is 98.2 cm³/mol. The van der Waals surface area contributed by atoms with E-state index < -0.39 is 16.0 Å². The SMILES string of the molecule is CCOCc1ccc(CNS(=O)(=O)c2cccc(C(=O)OCC)c2)cc1. The Bertz CT molecular complexity index is 831. The first-order chi connectivity index (χ1) is 12.5. The Morgan fingerprint density at radius 2 is 1.69 bits per heavy atom. The molecule has 0 heterocycles. The Hall–Kier alpha value is -2.22. The van der Waals surface area contributed by atoms with Crippen LogP contribution >= 0.6 is 0 Å². The summed E-state index contributed by atoms with van der Waals surface area (Å²) in [6.45, 7) is 5.18. The summed E-state index contributed by atoms with van der Waals surface area (Å²) >= 11 is 0. The van der Waals surface area contributed by atoms with Crippen molar-refractivity contribution in [3.63, 3.8) is 0 Å². The van der Waals surface area contributed by atoms with Gasteiger partial charge in [-0.2, -0.15) is 0 Å². The molecular weight excluding hydrogens is 354 g/mol. The molecule has 0 fully saturated rings. The van der Waals surface area contributed by atoms with Crippen molar-refractivity contribution >= 4 is 16.0 Å². The number of rotatable bonds is 9. The van der Waals surface area contributed by atoms with Crippen molar-refractivity contribution in [2.24, 2.45) is 0 Å². The highest BCUT2D eigenvalue weighted by Gasteiger charge is 2.16. The summed E-state index contributed by atoms with van der Waals surface area (Å²) in [6, 6.07) is 13.3. The van der Waals surface area contributed by atoms with Crippen molar-refractivity contribution in [1.82, 2.24) is 4.72 Å². The zero-order valence-electron chi connectivity index (χ0n) is 14.9. The normalized spacial score (nSPS) is 11.3. The lowest BCUT2D eigenvalue weighted by atomic mass is 10.1. The maximum Gasteiger partial charge on any atom is 0.338 e. The summed E-state index contributed by atoms with van der Waals surface area (Å²) in [7, 11) is -3.74. The van der Waals surface area contributed by atoms with E-state index in [0.717, 1.165) is 11.1 Å². The Balaban J connectivity index is 2.04. The second-order valence-corrected chi connectivity index (χ2v) is 7.29. The van der Waals surface area contributed by atoms with Crippen molar-refractivity contribution < 1.29 is 22.7 Å². The van der Waals surface area contributed by atoms with Gasteiger partial charge in [0, 0.05) is 13.2 Å². The molecule has 140 valence electrons. The van der Waals surface area contributed by atoms with Gasteiger partial charge >= 0.3 is 5.97 Å². The number of esters is 1. The highest BCUT2D eigenvalue weighted by Crippen LogP contribution is 2.14. The first kappa shape index (κ1) is 20.1. The topological polar surface area (TPSA) is 81.7 Å². The minimum atomic E-state index is -3.74. The van der Waals surface area contributed by atoms with Crippen molar-refractivity contribution in [1.29, 1.82) is 0 Å². The van der Waals surface area contributed by atoms with Crippen LogP contribution < -0.4 is 4.72 Å². The zero-order valence-corrected chi connectivity index (χ0v) is 15.7. The molecule has 2 aromatic rings. The smallest absolute Gasteiger partial charge is 0.338 e. The molecule has 7 heteroatoms. The van der Waals surface area contributed by atoms with Gasteiger partial charge in [0.2, 0.25) is 10.0 Å². The van der Waals surface area contributed by atoms with Gasteiger partial charge in [0.05, 0.1) is 23.7 Å². The number of ether oxygens (including phenoxy) is 2. The zero-order chi connectivity index (χ0) is 19.0. The van der Waals surface area contributed by atoms with Gasteiger partial charge in [-0.05, 0) is 43.2 Å². The van der Waals surface area contributed by atoms with Crippen molar-refractivity contribution in [3.05, 3.63) is 65.2 Å². The fourth-order valence-electron chi connectivity index (χ4n) is 2.24. The second-order valence-electron chi connectivity index (χ2n) is 5.53. The van der Waals surface area contributed by atoms with Crippen LogP contribution in [0.15, 0.2) is 53.4 Å². The number of benzene rings is 2. The average molecular weight is 377 g/mol. The van der Waals surface area contributed by atoms with Gasteiger partial charge in [0.25, 0.3) is 0 Å². The largest absolute Gasteiger partial charge is 0.462 e. The highest BCUT2D eigenvalue weighted by atomic mass is 32.2. The summed E-state index contributed by atoms with van der Waals surface area (Å²) in [4.78, 5) is 11.8. The van der Waals surface area contributed by atoms with Crippen LogP contribution in [0.5, 0.6) is 0 Å². The third kappa shape index (κ3) is 5.66. The lowest BCUT2D eigenvalue weighted by Crippen LogP contribution is -2.23. The molecule has 0 radical (unpaired) electrons. The van der Waals surface area contributed by atoms with E-state index >= 15 is 0 Å². The summed E-state index contributed by atoms with van der Waals surface area (Å²) < 4.78 is 37.7. The third-order valence-corrected chi connectivity index (χ3v) is 5.02. The standard InChI is InChI=1S/C19H23NO5S/c1-3-24-14-16-10-8-15(9-11-16)13-20-26(22,23)18-7-5-6-17(12-18)19(21)25-4-2/h5-12,20H,3-4,13-14H2,1-2H3. The van der Waals surface area contributed by atoms with Gasteiger partial charge in [0.1, 0.15) is 0 Å². The van der Waals surface area contributed by atoms with Gasteiger partial charge in [-0.1, -0.05) is 30.3 Å². The molecule has 0 aliphatic heterocycles. The molecule has 0 aromatic heterocycles. The molecule has 2 aromatic carbocycles. The molecule has 6 nitrogen and oxygen atoms in total. The summed E-state index contributed by atoms with van der Waals surface area (Å²) in [5.74, 6) is -0.547. The van der Waals surface area contributed by atoms with Crippen LogP contribution in [-0.4, -0.2) is 27.6 Å². The molecule has 0 unspecified atom stereocenters. The molecule has 0 atom stereocenters. The number of hydrogen-bond donors (Lipinski definition) is 1. The quantitative estimate of drug-likeness (QED) is 0.680. The van der Waals surface area contributed by atoms with Gasteiger partial charge in [-0.25, -0.2) is 17.9 Å². The van der Waals surface area contributed by atoms with Crippen LogP contribution in [0.2, 0.25) is 0 Å². The maximum atomic E-state index is 12.5. The minimum absolute atomic E-state index is 0.0241. The molecule has 1 N–H and O–H groups in total. The second kappa shape index (κ2) is 9.47. The number of carbonyl (C=O) groups excluding carboxylic acids is 1. The van der Waals surface area contributed by atoms with E-state index in [1.807, 2.05) is 31.2 Å². The van der Waals surface area contributed by atoms with Gasteiger partial charge < -0.3 is 9.47 Å². The summed E-state index contributed by atoms with van der Waals surface area (Å²) in [6.07, 6.45) is 0.